The summed E-state index contributed by atoms with van der Waals surface area (Å²) in [5.74, 6) is -0.423. The van der Waals surface area contributed by atoms with Crippen molar-refractivity contribution in [2.75, 3.05) is 16.5 Å². The molecule has 3 aromatic rings. The summed E-state index contributed by atoms with van der Waals surface area (Å²) in [6.45, 7) is 0. The van der Waals surface area contributed by atoms with Gasteiger partial charge in [0.1, 0.15) is 23.6 Å². The molecule has 1 amide bonds. The summed E-state index contributed by atoms with van der Waals surface area (Å²) < 4.78 is 13.6. The maximum atomic E-state index is 13.6. The normalized spacial score (nSPS) is 10.2. The van der Waals surface area contributed by atoms with Crippen LogP contribution in [0.2, 0.25) is 5.02 Å². The van der Waals surface area contributed by atoms with E-state index in [-0.39, 0.29) is 22.9 Å². The number of carbonyl (C=O) groups is 1. The molecule has 0 unspecified atom stereocenters. The molecule has 10 heteroatoms. The molecular formula is C16H13ClFN7O. The zero-order chi connectivity index (χ0) is 18.5. The Morgan fingerprint density at radius 3 is 2.58 bits per heavy atom. The minimum absolute atomic E-state index is 0.114. The highest BCUT2D eigenvalue weighted by molar-refractivity contribution is 6.30. The van der Waals surface area contributed by atoms with Gasteiger partial charge in [-0.3, -0.25) is 15.6 Å². The van der Waals surface area contributed by atoms with Crippen LogP contribution in [0.4, 0.5) is 27.5 Å². The van der Waals surface area contributed by atoms with E-state index in [1.807, 2.05) is 0 Å². The summed E-state index contributed by atoms with van der Waals surface area (Å²) in [7, 11) is 0. The molecule has 0 atom stereocenters. The van der Waals surface area contributed by atoms with Crippen LogP contribution in [-0.4, -0.2) is 20.9 Å². The number of anilines is 4. The molecule has 0 saturated carbocycles. The minimum atomic E-state index is -0.671. The monoisotopic (exact) mass is 373 g/mol. The third kappa shape index (κ3) is 3.95. The number of hydrogen-bond donors (Lipinski definition) is 4. The summed E-state index contributed by atoms with van der Waals surface area (Å²) in [5, 5.41) is 3.40. The van der Waals surface area contributed by atoms with Gasteiger partial charge in [0.2, 0.25) is 0 Å². The lowest BCUT2D eigenvalue weighted by molar-refractivity contribution is 0.0958. The molecule has 0 aliphatic heterocycles. The van der Waals surface area contributed by atoms with Gasteiger partial charge in [-0.1, -0.05) is 23.7 Å². The van der Waals surface area contributed by atoms with E-state index < -0.39 is 11.7 Å². The summed E-state index contributed by atoms with van der Waals surface area (Å²) in [5.41, 5.74) is 10.9. The van der Waals surface area contributed by atoms with Crippen LogP contribution in [0.15, 0.2) is 48.9 Å². The Hall–Kier alpha value is -3.46. The number of hydrazine groups is 1. The third-order valence-corrected chi connectivity index (χ3v) is 3.49. The van der Waals surface area contributed by atoms with Gasteiger partial charge in [-0.15, -0.1) is 0 Å². The summed E-state index contributed by atoms with van der Waals surface area (Å²) in [4.78, 5) is 24.1. The average molecular weight is 374 g/mol. The predicted molar refractivity (Wildman–Crippen MR) is 96.5 cm³/mol. The second-order valence-corrected chi connectivity index (χ2v) is 5.47. The lowest BCUT2D eigenvalue weighted by Crippen LogP contribution is -2.31. The SMILES string of the molecule is Nc1c(NNC(=O)c2ccccc2F)ncnc1Nc1ccc(Cl)cn1. The molecule has 0 saturated heterocycles. The second-order valence-electron chi connectivity index (χ2n) is 5.03. The Morgan fingerprint density at radius 1 is 1.08 bits per heavy atom. The van der Waals surface area contributed by atoms with Gasteiger partial charge < -0.3 is 11.1 Å². The number of nitrogens with one attached hydrogen (secondary N) is 3. The lowest BCUT2D eigenvalue weighted by atomic mass is 10.2. The number of carbonyl (C=O) groups excluding carboxylic acids is 1. The fraction of sp³-hybridized carbons (Fsp3) is 0. The van der Waals surface area contributed by atoms with Gasteiger partial charge in [-0.2, -0.15) is 0 Å². The Bertz CT molecular complexity index is 936. The predicted octanol–water partition coefficient (Wildman–Crippen LogP) is 2.75. The fourth-order valence-corrected chi connectivity index (χ4v) is 2.11. The highest BCUT2D eigenvalue weighted by Crippen LogP contribution is 2.24. The van der Waals surface area contributed by atoms with Crippen molar-refractivity contribution >= 4 is 40.6 Å². The maximum absolute atomic E-state index is 13.6. The molecule has 0 spiro atoms. The Balaban J connectivity index is 1.72. The van der Waals surface area contributed by atoms with Gasteiger partial charge in [0.15, 0.2) is 11.6 Å². The molecule has 2 aromatic heterocycles. The zero-order valence-corrected chi connectivity index (χ0v) is 14.0. The number of amides is 1. The molecule has 2 heterocycles. The number of halogens is 2. The standard InChI is InChI=1S/C16H13ClFN7O/c17-9-5-6-12(20-7-9)23-14-13(19)15(22-8-21-14)24-25-16(26)10-3-1-2-4-11(10)18/h1-8H,19H2,(H,25,26)(H2,20,21,22,23,24). The van der Waals surface area contributed by atoms with Gasteiger partial charge in [0.05, 0.1) is 10.6 Å². The van der Waals surface area contributed by atoms with Gasteiger partial charge >= 0.3 is 0 Å². The van der Waals surface area contributed by atoms with E-state index in [4.69, 9.17) is 17.3 Å². The van der Waals surface area contributed by atoms with Crippen LogP contribution >= 0.6 is 11.6 Å². The van der Waals surface area contributed by atoms with Crippen molar-refractivity contribution in [1.29, 1.82) is 0 Å². The maximum Gasteiger partial charge on any atom is 0.272 e. The number of pyridine rings is 1. The third-order valence-electron chi connectivity index (χ3n) is 3.27. The minimum Gasteiger partial charge on any atom is -0.393 e. The smallest absolute Gasteiger partial charge is 0.272 e. The highest BCUT2D eigenvalue weighted by Gasteiger charge is 2.13. The molecule has 8 nitrogen and oxygen atoms in total. The average Bonchev–Trinajstić information content (AvgIpc) is 2.64. The van der Waals surface area contributed by atoms with Crippen molar-refractivity contribution in [3.63, 3.8) is 0 Å². The van der Waals surface area contributed by atoms with Crippen molar-refractivity contribution in [1.82, 2.24) is 20.4 Å². The fourth-order valence-electron chi connectivity index (χ4n) is 1.99. The van der Waals surface area contributed by atoms with Crippen LogP contribution in [0, 0.1) is 5.82 Å². The Kier molecular flexibility index (Phi) is 5.09. The van der Waals surface area contributed by atoms with Crippen molar-refractivity contribution < 1.29 is 9.18 Å². The molecule has 0 fully saturated rings. The summed E-state index contributed by atoms with van der Waals surface area (Å²) in [6, 6.07) is 8.89. The second kappa shape index (κ2) is 7.62. The molecule has 3 rings (SSSR count). The van der Waals surface area contributed by atoms with Gasteiger partial charge in [0, 0.05) is 6.20 Å². The number of rotatable bonds is 5. The first-order valence-electron chi connectivity index (χ1n) is 7.34. The quantitative estimate of drug-likeness (QED) is 0.508. The molecular weight excluding hydrogens is 361 g/mol. The van der Waals surface area contributed by atoms with E-state index in [0.29, 0.717) is 10.8 Å². The van der Waals surface area contributed by atoms with Gasteiger partial charge in [-0.05, 0) is 24.3 Å². The number of aromatic nitrogens is 3. The highest BCUT2D eigenvalue weighted by atomic mass is 35.5. The summed E-state index contributed by atoms with van der Waals surface area (Å²) in [6.07, 6.45) is 2.71. The molecule has 0 radical (unpaired) electrons. The summed E-state index contributed by atoms with van der Waals surface area (Å²) >= 11 is 5.79. The van der Waals surface area contributed by atoms with E-state index in [1.54, 1.807) is 18.2 Å². The Morgan fingerprint density at radius 2 is 1.85 bits per heavy atom. The Labute approximate surface area is 152 Å². The molecule has 26 heavy (non-hydrogen) atoms. The van der Waals surface area contributed by atoms with Crippen molar-refractivity contribution in [2.45, 2.75) is 0 Å². The van der Waals surface area contributed by atoms with Crippen molar-refractivity contribution in [3.8, 4) is 0 Å². The van der Waals surface area contributed by atoms with Crippen LogP contribution < -0.4 is 21.9 Å². The van der Waals surface area contributed by atoms with E-state index in [2.05, 4.69) is 31.1 Å². The number of nitrogens with zero attached hydrogens (tertiary/aromatic N) is 3. The van der Waals surface area contributed by atoms with E-state index >= 15 is 0 Å². The van der Waals surface area contributed by atoms with E-state index in [9.17, 15) is 9.18 Å². The van der Waals surface area contributed by atoms with Crippen LogP contribution in [0.25, 0.3) is 0 Å². The number of hydrogen-bond acceptors (Lipinski definition) is 7. The molecule has 0 bridgehead atoms. The number of nitrogens with two attached hydrogens (primary N) is 1. The lowest BCUT2D eigenvalue weighted by Gasteiger charge is -2.13. The molecule has 1 aromatic carbocycles. The molecule has 0 aliphatic carbocycles. The van der Waals surface area contributed by atoms with Crippen LogP contribution in [0.5, 0.6) is 0 Å². The number of benzene rings is 1. The topological polar surface area (TPSA) is 118 Å². The van der Waals surface area contributed by atoms with Gasteiger partial charge in [-0.25, -0.2) is 19.3 Å². The number of nitrogen functional groups attached to an aromatic ring is 1. The van der Waals surface area contributed by atoms with Crippen LogP contribution in [0.1, 0.15) is 10.4 Å². The van der Waals surface area contributed by atoms with Crippen LogP contribution in [-0.2, 0) is 0 Å². The first-order valence-corrected chi connectivity index (χ1v) is 7.72. The van der Waals surface area contributed by atoms with Crippen LogP contribution in [0.3, 0.4) is 0 Å². The van der Waals surface area contributed by atoms with Crippen molar-refractivity contribution in [2.24, 2.45) is 0 Å². The first kappa shape index (κ1) is 17.4. The molecule has 132 valence electrons. The largest absolute Gasteiger partial charge is 0.393 e. The van der Waals surface area contributed by atoms with E-state index in [1.165, 1.54) is 30.7 Å². The molecule has 5 N–H and O–H groups in total. The first-order chi connectivity index (χ1) is 12.5. The van der Waals surface area contributed by atoms with Gasteiger partial charge in [0.25, 0.3) is 5.91 Å². The van der Waals surface area contributed by atoms with Crippen molar-refractivity contribution in [3.05, 3.63) is 65.3 Å². The van der Waals surface area contributed by atoms with E-state index in [0.717, 1.165) is 0 Å². The molecule has 0 aliphatic rings. The zero-order valence-electron chi connectivity index (χ0n) is 13.2.